The number of amides is 1. The van der Waals surface area contributed by atoms with Crippen LogP contribution in [0.15, 0.2) is 0 Å². The predicted molar refractivity (Wildman–Crippen MR) is 50.5 cm³/mol. The van der Waals surface area contributed by atoms with Crippen molar-refractivity contribution in [3.05, 3.63) is 0 Å². The lowest BCUT2D eigenvalue weighted by Gasteiger charge is -2.22. The van der Waals surface area contributed by atoms with E-state index in [1.54, 1.807) is 11.4 Å². The van der Waals surface area contributed by atoms with E-state index in [1.807, 2.05) is 0 Å². The van der Waals surface area contributed by atoms with Crippen LogP contribution in [0, 0.1) is 16.7 Å². The van der Waals surface area contributed by atoms with E-state index in [1.165, 1.54) is 0 Å². The van der Waals surface area contributed by atoms with Crippen LogP contribution in [0.5, 0.6) is 0 Å². The van der Waals surface area contributed by atoms with Crippen LogP contribution in [0.25, 0.3) is 0 Å². The zero-order chi connectivity index (χ0) is 13.1. The van der Waals surface area contributed by atoms with E-state index in [2.05, 4.69) is 0 Å². The Balaban J connectivity index is 2.59. The first-order valence-electron chi connectivity index (χ1n) is 5.20. The molecule has 1 amide bonds. The molecule has 1 N–H and O–H groups in total. The van der Waals surface area contributed by atoms with Gasteiger partial charge in [-0.3, -0.25) is 4.79 Å². The summed E-state index contributed by atoms with van der Waals surface area (Å²) in [5.41, 5.74) is -1.32. The Hall–Kier alpha value is -1.32. The molecule has 1 rings (SSSR count). The maximum Gasteiger partial charge on any atom is 0.324 e. The number of carbonyl (C=O) groups is 1. The van der Waals surface area contributed by atoms with Crippen LogP contribution in [-0.4, -0.2) is 24.8 Å². The number of halogens is 4. The number of alkyl halides is 4. The molecule has 3 nitrogen and oxygen atoms in total. The van der Waals surface area contributed by atoms with E-state index in [-0.39, 0.29) is 12.8 Å². The Morgan fingerprint density at radius 2 is 1.94 bits per heavy atom. The van der Waals surface area contributed by atoms with Gasteiger partial charge in [0.15, 0.2) is 0 Å². The zero-order valence-corrected chi connectivity index (χ0v) is 8.98. The molecule has 1 aliphatic carbocycles. The van der Waals surface area contributed by atoms with E-state index in [0.717, 1.165) is 0 Å². The molecule has 0 aromatic heterocycles. The van der Waals surface area contributed by atoms with E-state index in [0.29, 0.717) is 12.8 Å². The van der Waals surface area contributed by atoms with Crippen molar-refractivity contribution in [3.8, 4) is 6.07 Å². The number of rotatable bonds is 4. The number of hydrogen-bond acceptors (Lipinski definition) is 2. The third kappa shape index (κ3) is 2.87. The Bertz CT molecular complexity index is 332. The smallest absolute Gasteiger partial charge is 0.324 e. The first-order valence-corrected chi connectivity index (χ1v) is 5.20. The number of carbonyl (C=O) groups excluding carboxylic acids is 1. The van der Waals surface area contributed by atoms with Crippen molar-refractivity contribution in [2.75, 3.05) is 6.54 Å². The molecule has 0 unspecified atom stereocenters. The second-order valence-electron chi connectivity index (χ2n) is 4.15. The van der Waals surface area contributed by atoms with E-state index in [4.69, 9.17) is 5.26 Å². The van der Waals surface area contributed by atoms with Crippen LogP contribution in [0.1, 0.15) is 25.7 Å². The van der Waals surface area contributed by atoms with Crippen molar-refractivity contribution >= 4 is 5.91 Å². The number of nitrogens with zero attached hydrogens (tertiary/aromatic N) is 1. The molecule has 1 fully saturated rings. The number of nitriles is 1. The van der Waals surface area contributed by atoms with E-state index < -0.39 is 30.2 Å². The second kappa shape index (κ2) is 4.90. The van der Waals surface area contributed by atoms with Gasteiger partial charge in [0, 0.05) is 0 Å². The molecule has 0 heterocycles. The van der Waals surface area contributed by atoms with Crippen LogP contribution in [0.2, 0.25) is 0 Å². The molecule has 0 spiro atoms. The van der Waals surface area contributed by atoms with Crippen molar-refractivity contribution in [2.45, 2.75) is 38.0 Å². The Labute approximate surface area is 95.8 Å². The Morgan fingerprint density at radius 3 is 2.35 bits per heavy atom. The topological polar surface area (TPSA) is 52.9 Å². The summed E-state index contributed by atoms with van der Waals surface area (Å²) in [4.78, 5) is 11.6. The largest absolute Gasteiger partial charge is 0.348 e. The van der Waals surface area contributed by atoms with Crippen molar-refractivity contribution in [1.29, 1.82) is 5.26 Å². The third-order valence-electron chi connectivity index (χ3n) is 2.91. The summed E-state index contributed by atoms with van der Waals surface area (Å²) in [5.74, 6) is -5.14. The summed E-state index contributed by atoms with van der Waals surface area (Å²) in [5, 5.41) is 10.6. The van der Waals surface area contributed by atoms with Gasteiger partial charge < -0.3 is 5.32 Å². The monoisotopic (exact) mass is 252 g/mol. The lowest BCUT2D eigenvalue weighted by atomic mass is 9.87. The summed E-state index contributed by atoms with van der Waals surface area (Å²) >= 11 is 0. The van der Waals surface area contributed by atoms with E-state index in [9.17, 15) is 22.4 Å². The first-order chi connectivity index (χ1) is 7.84. The van der Waals surface area contributed by atoms with Crippen LogP contribution in [-0.2, 0) is 4.79 Å². The van der Waals surface area contributed by atoms with Crippen molar-refractivity contribution in [3.63, 3.8) is 0 Å². The van der Waals surface area contributed by atoms with Crippen LogP contribution in [0.4, 0.5) is 17.6 Å². The van der Waals surface area contributed by atoms with Gasteiger partial charge in [-0.2, -0.15) is 14.0 Å². The van der Waals surface area contributed by atoms with Gasteiger partial charge in [0.25, 0.3) is 0 Å². The summed E-state index contributed by atoms with van der Waals surface area (Å²) in [6, 6.07) is 1.80. The molecule has 0 aromatic rings. The maximum atomic E-state index is 12.6. The van der Waals surface area contributed by atoms with Gasteiger partial charge in [0.05, 0.1) is 12.6 Å². The minimum Gasteiger partial charge on any atom is -0.348 e. The van der Waals surface area contributed by atoms with Gasteiger partial charge in [-0.05, 0) is 12.8 Å². The Kier molecular flexibility index (Phi) is 3.96. The number of nitrogens with one attached hydrogen (secondary N) is 1. The zero-order valence-electron chi connectivity index (χ0n) is 8.98. The molecular formula is C10H12F4N2O. The molecule has 0 radical (unpaired) electrons. The van der Waals surface area contributed by atoms with E-state index >= 15 is 0 Å². The molecule has 7 heteroatoms. The maximum absolute atomic E-state index is 12.6. The van der Waals surface area contributed by atoms with Crippen molar-refractivity contribution < 1.29 is 22.4 Å². The second-order valence-corrected chi connectivity index (χ2v) is 4.15. The highest BCUT2D eigenvalue weighted by atomic mass is 19.3. The van der Waals surface area contributed by atoms with Crippen LogP contribution < -0.4 is 5.32 Å². The molecule has 1 aliphatic rings. The fourth-order valence-electron chi connectivity index (χ4n) is 1.81. The number of hydrogen-bond donors (Lipinski definition) is 1. The summed E-state index contributed by atoms with van der Waals surface area (Å²) in [7, 11) is 0. The first kappa shape index (κ1) is 13.7. The molecular weight excluding hydrogens is 240 g/mol. The Morgan fingerprint density at radius 1 is 1.41 bits per heavy atom. The van der Waals surface area contributed by atoms with Crippen molar-refractivity contribution in [2.24, 2.45) is 5.41 Å². The molecule has 0 saturated heterocycles. The molecule has 17 heavy (non-hydrogen) atoms. The average Bonchev–Trinajstić information content (AvgIpc) is 2.75. The normalized spacial score (nSPS) is 19.1. The van der Waals surface area contributed by atoms with Gasteiger partial charge >= 0.3 is 12.3 Å². The van der Waals surface area contributed by atoms with Crippen LogP contribution >= 0.6 is 0 Å². The van der Waals surface area contributed by atoms with Gasteiger partial charge in [0.1, 0.15) is 5.41 Å². The molecule has 96 valence electrons. The molecule has 0 bridgehead atoms. The van der Waals surface area contributed by atoms with Gasteiger partial charge in [-0.25, -0.2) is 8.78 Å². The van der Waals surface area contributed by atoms with Crippen molar-refractivity contribution in [1.82, 2.24) is 5.32 Å². The lowest BCUT2D eigenvalue weighted by molar-refractivity contribution is -0.140. The lowest BCUT2D eigenvalue weighted by Crippen LogP contribution is -2.46. The summed E-state index contributed by atoms with van der Waals surface area (Å²) < 4.78 is 48.9. The quantitative estimate of drug-likeness (QED) is 0.779. The minimum atomic E-state index is -4.26. The fraction of sp³-hybridized carbons (Fsp3) is 0.800. The predicted octanol–water partition coefficient (Wildman–Crippen LogP) is 2.09. The minimum absolute atomic E-state index is 0.287. The average molecular weight is 252 g/mol. The standard InChI is InChI=1S/C10H12F4N2O/c11-7(12)10(13,14)6-16-8(17)9(5-15)3-1-2-4-9/h7H,1-4,6H2,(H,16,17). The highest BCUT2D eigenvalue weighted by Gasteiger charge is 2.45. The molecule has 0 aromatic carbocycles. The third-order valence-corrected chi connectivity index (χ3v) is 2.91. The molecule has 0 atom stereocenters. The molecule has 0 aliphatic heterocycles. The highest BCUT2D eigenvalue weighted by molar-refractivity contribution is 5.85. The summed E-state index contributed by atoms with van der Waals surface area (Å²) in [6.07, 6.45) is -1.94. The summed E-state index contributed by atoms with van der Waals surface area (Å²) in [6.45, 7) is -1.44. The van der Waals surface area contributed by atoms with Gasteiger partial charge in [0.2, 0.25) is 5.91 Å². The highest BCUT2D eigenvalue weighted by Crippen LogP contribution is 2.37. The van der Waals surface area contributed by atoms with Gasteiger partial charge in [-0.15, -0.1) is 0 Å². The van der Waals surface area contributed by atoms with Gasteiger partial charge in [-0.1, -0.05) is 12.8 Å². The fourth-order valence-corrected chi connectivity index (χ4v) is 1.81. The SMILES string of the molecule is N#CC1(C(=O)NCC(F)(F)C(F)F)CCCC1. The van der Waals surface area contributed by atoms with Crippen LogP contribution in [0.3, 0.4) is 0 Å². The molecule has 1 saturated carbocycles.